The van der Waals surface area contributed by atoms with Crippen LogP contribution in [0.2, 0.25) is 0 Å². The Labute approximate surface area is 114 Å². The van der Waals surface area contributed by atoms with Gasteiger partial charge in [-0.25, -0.2) is 0 Å². The first-order chi connectivity index (χ1) is 9.15. The Bertz CT molecular complexity index is 453. The van der Waals surface area contributed by atoms with Crippen LogP contribution in [0.15, 0.2) is 42.0 Å². The minimum absolute atomic E-state index is 0.271. The van der Waals surface area contributed by atoms with E-state index < -0.39 is 5.97 Å². The summed E-state index contributed by atoms with van der Waals surface area (Å²) >= 11 is 0. The predicted octanol–water partition coefficient (Wildman–Crippen LogP) is 2.93. The molecular weight excluding hydrogens is 238 g/mol. The van der Waals surface area contributed by atoms with Crippen LogP contribution >= 0.6 is 0 Å². The standard InChI is InChI=1S/C16H21NO2/c1-13(16(18)19)11-14-7-9-17(10-8-14)12-15-5-3-2-4-6-15/h2-7,13H,8-12H2,1H3,(H,18,19). The number of carboxylic acids is 1. The Kier molecular flexibility index (Phi) is 4.74. The van der Waals surface area contributed by atoms with Crippen molar-refractivity contribution >= 4 is 5.97 Å². The van der Waals surface area contributed by atoms with E-state index in [1.807, 2.05) is 6.07 Å². The minimum Gasteiger partial charge on any atom is -0.481 e. The average molecular weight is 259 g/mol. The first-order valence-electron chi connectivity index (χ1n) is 6.82. The Hall–Kier alpha value is -1.61. The van der Waals surface area contributed by atoms with E-state index >= 15 is 0 Å². The van der Waals surface area contributed by atoms with Crippen molar-refractivity contribution in [3.05, 3.63) is 47.5 Å². The molecule has 1 aliphatic heterocycles. The molecule has 19 heavy (non-hydrogen) atoms. The van der Waals surface area contributed by atoms with Gasteiger partial charge in [0.15, 0.2) is 0 Å². The zero-order valence-corrected chi connectivity index (χ0v) is 11.4. The van der Waals surface area contributed by atoms with Crippen molar-refractivity contribution in [2.75, 3.05) is 13.1 Å². The third-order valence-corrected chi connectivity index (χ3v) is 3.63. The molecule has 3 nitrogen and oxygen atoms in total. The van der Waals surface area contributed by atoms with Gasteiger partial charge in [0.05, 0.1) is 5.92 Å². The number of hydrogen-bond donors (Lipinski definition) is 1. The van der Waals surface area contributed by atoms with E-state index in [-0.39, 0.29) is 5.92 Å². The highest BCUT2D eigenvalue weighted by atomic mass is 16.4. The van der Waals surface area contributed by atoms with Crippen LogP contribution in [0.1, 0.15) is 25.3 Å². The normalized spacial score (nSPS) is 17.8. The summed E-state index contributed by atoms with van der Waals surface area (Å²) in [7, 11) is 0. The van der Waals surface area contributed by atoms with Crippen LogP contribution in [0, 0.1) is 5.92 Å². The Morgan fingerprint density at radius 3 is 2.68 bits per heavy atom. The molecule has 1 N–H and O–H groups in total. The van der Waals surface area contributed by atoms with E-state index in [1.54, 1.807) is 6.92 Å². The van der Waals surface area contributed by atoms with E-state index in [9.17, 15) is 4.79 Å². The molecule has 102 valence electrons. The molecular formula is C16H21NO2. The number of carboxylic acid groups (broad SMARTS) is 1. The topological polar surface area (TPSA) is 40.5 Å². The van der Waals surface area contributed by atoms with Gasteiger partial charge in [0.25, 0.3) is 0 Å². The molecule has 1 aliphatic rings. The van der Waals surface area contributed by atoms with Crippen molar-refractivity contribution in [3.8, 4) is 0 Å². The highest BCUT2D eigenvalue weighted by Crippen LogP contribution is 2.20. The molecule has 0 aliphatic carbocycles. The Morgan fingerprint density at radius 1 is 1.37 bits per heavy atom. The summed E-state index contributed by atoms with van der Waals surface area (Å²) in [6, 6.07) is 10.5. The third kappa shape index (κ3) is 4.21. The van der Waals surface area contributed by atoms with Crippen LogP contribution in [0.25, 0.3) is 0 Å². The fourth-order valence-corrected chi connectivity index (χ4v) is 2.40. The summed E-state index contributed by atoms with van der Waals surface area (Å²) in [5.41, 5.74) is 2.62. The summed E-state index contributed by atoms with van der Waals surface area (Å²) in [6.07, 6.45) is 3.88. The quantitative estimate of drug-likeness (QED) is 0.827. The number of hydrogen-bond acceptors (Lipinski definition) is 2. The van der Waals surface area contributed by atoms with E-state index in [0.29, 0.717) is 6.42 Å². The third-order valence-electron chi connectivity index (χ3n) is 3.63. The molecule has 1 heterocycles. The molecule has 0 saturated carbocycles. The van der Waals surface area contributed by atoms with Crippen molar-refractivity contribution in [2.24, 2.45) is 5.92 Å². The van der Waals surface area contributed by atoms with Gasteiger partial charge in [-0.1, -0.05) is 48.9 Å². The van der Waals surface area contributed by atoms with Gasteiger partial charge in [0.2, 0.25) is 0 Å². The average Bonchev–Trinajstić information content (AvgIpc) is 2.42. The maximum Gasteiger partial charge on any atom is 0.306 e. The largest absolute Gasteiger partial charge is 0.481 e. The van der Waals surface area contributed by atoms with Crippen LogP contribution in [0.5, 0.6) is 0 Å². The van der Waals surface area contributed by atoms with Crippen LogP contribution in [-0.2, 0) is 11.3 Å². The summed E-state index contributed by atoms with van der Waals surface area (Å²) in [5.74, 6) is -0.973. The molecule has 0 radical (unpaired) electrons. The summed E-state index contributed by atoms with van der Waals surface area (Å²) in [6.45, 7) is 4.70. The molecule has 0 spiro atoms. The SMILES string of the molecule is CC(CC1=CCN(Cc2ccccc2)CC1)C(=O)O. The van der Waals surface area contributed by atoms with E-state index in [4.69, 9.17) is 5.11 Å². The highest BCUT2D eigenvalue weighted by Gasteiger charge is 2.17. The Morgan fingerprint density at radius 2 is 2.11 bits per heavy atom. The van der Waals surface area contributed by atoms with Gasteiger partial charge in [0, 0.05) is 19.6 Å². The van der Waals surface area contributed by atoms with Gasteiger partial charge in [-0.05, 0) is 18.4 Å². The number of benzene rings is 1. The maximum absolute atomic E-state index is 10.8. The highest BCUT2D eigenvalue weighted by molar-refractivity contribution is 5.69. The first-order valence-corrected chi connectivity index (χ1v) is 6.82. The lowest BCUT2D eigenvalue weighted by Crippen LogP contribution is -2.28. The van der Waals surface area contributed by atoms with Crippen LogP contribution in [0.4, 0.5) is 0 Å². The number of aliphatic carboxylic acids is 1. The van der Waals surface area contributed by atoms with Gasteiger partial charge >= 0.3 is 5.97 Å². The van der Waals surface area contributed by atoms with Crippen LogP contribution in [-0.4, -0.2) is 29.1 Å². The first kappa shape index (κ1) is 13.8. The zero-order chi connectivity index (χ0) is 13.7. The molecule has 0 amide bonds. The fourth-order valence-electron chi connectivity index (χ4n) is 2.40. The lowest BCUT2D eigenvalue weighted by atomic mass is 9.96. The maximum atomic E-state index is 10.8. The lowest BCUT2D eigenvalue weighted by molar-refractivity contribution is -0.141. The van der Waals surface area contributed by atoms with Crippen LogP contribution < -0.4 is 0 Å². The predicted molar refractivity (Wildman–Crippen MR) is 75.8 cm³/mol. The van der Waals surface area contributed by atoms with Gasteiger partial charge in [-0.3, -0.25) is 9.69 Å². The summed E-state index contributed by atoms with van der Waals surface area (Å²) in [5, 5.41) is 8.92. The van der Waals surface area contributed by atoms with Gasteiger partial charge in [0.1, 0.15) is 0 Å². The zero-order valence-electron chi connectivity index (χ0n) is 11.4. The summed E-state index contributed by atoms with van der Waals surface area (Å²) in [4.78, 5) is 13.2. The van der Waals surface area contributed by atoms with Gasteiger partial charge < -0.3 is 5.11 Å². The van der Waals surface area contributed by atoms with E-state index in [1.165, 1.54) is 11.1 Å². The van der Waals surface area contributed by atoms with Crippen molar-refractivity contribution in [3.63, 3.8) is 0 Å². The second-order valence-corrected chi connectivity index (χ2v) is 5.28. The van der Waals surface area contributed by atoms with Gasteiger partial charge in [-0.2, -0.15) is 0 Å². The van der Waals surface area contributed by atoms with Crippen molar-refractivity contribution < 1.29 is 9.90 Å². The Balaban J connectivity index is 1.84. The van der Waals surface area contributed by atoms with Gasteiger partial charge in [-0.15, -0.1) is 0 Å². The molecule has 1 aromatic rings. The molecule has 0 saturated heterocycles. The number of rotatable bonds is 5. The van der Waals surface area contributed by atoms with Crippen molar-refractivity contribution in [1.82, 2.24) is 4.90 Å². The molecule has 2 rings (SSSR count). The molecule has 0 bridgehead atoms. The number of carbonyl (C=O) groups is 1. The van der Waals surface area contributed by atoms with E-state index in [2.05, 4.69) is 35.2 Å². The lowest BCUT2D eigenvalue weighted by Gasteiger charge is -2.27. The molecule has 1 aromatic carbocycles. The molecule has 1 unspecified atom stereocenters. The monoisotopic (exact) mass is 259 g/mol. The van der Waals surface area contributed by atoms with Crippen molar-refractivity contribution in [2.45, 2.75) is 26.3 Å². The second-order valence-electron chi connectivity index (χ2n) is 5.28. The number of nitrogens with zero attached hydrogens (tertiary/aromatic N) is 1. The molecule has 0 aromatic heterocycles. The molecule has 1 atom stereocenters. The van der Waals surface area contributed by atoms with E-state index in [0.717, 1.165) is 26.1 Å². The summed E-state index contributed by atoms with van der Waals surface area (Å²) < 4.78 is 0. The molecule has 3 heteroatoms. The second kappa shape index (κ2) is 6.53. The van der Waals surface area contributed by atoms with Crippen LogP contribution in [0.3, 0.4) is 0 Å². The minimum atomic E-state index is -0.701. The van der Waals surface area contributed by atoms with Crippen molar-refractivity contribution in [1.29, 1.82) is 0 Å². The smallest absolute Gasteiger partial charge is 0.306 e. The molecule has 0 fully saturated rings. The fraction of sp³-hybridized carbons (Fsp3) is 0.438.